The molecular formula is C19H29N5O. The van der Waals surface area contributed by atoms with Gasteiger partial charge in [0.05, 0.1) is 17.9 Å². The van der Waals surface area contributed by atoms with Crippen molar-refractivity contribution in [3.8, 4) is 11.3 Å². The summed E-state index contributed by atoms with van der Waals surface area (Å²) >= 11 is 0. The summed E-state index contributed by atoms with van der Waals surface area (Å²) in [5.74, 6) is 0. The van der Waals surface area contributed by atoms with E-state index in [1.165, 1.54) is 5.56 Å². The van der Waals surface area contributed by atoms with Crippen molar-refractivity contribution in [1.82, 2.24) is 25.0 Å². The van der Waals surface area contributed by atoms with Crippen LogP contribution in [0.5, 0.6) is 0 Å². The summed E-state index contributed by atoms with van der Waals surface area (Å²) in [5, 5.41) is 8.21. The van der Waals surface area contributed by atoms with Gasteiger partial charge in [0.1, 0.15) is 0 Å². The van der Waals surface area contributed by atoms with E-state index in [4.69, 9.17) is 4.74 Å². The van der Waals surface area contributed by atoms with Gasteiger partial charge in [-0.3, -0.25) is 14.6 Å². The third-order valence-electron chi connectivity index (χ3n) is 4.68. The Kier molecular flexibility index (Phi) is 5.83. The third-order valence-corrected chi connectivity index (χ3v) is 4.68. The number of nitrogens with one attached hydrogen (secondary N) is 1. The molecule has 1 aliphatic rings. The molecule has 136 valence electrons. The van der Waals surface area contributed by atoms with Gasteiger partial charge in [-0.25, -0.2) is 0 Å². The molecular weight excluding hydrogens is 314 g/mol. The molecule has 1 aliphatic heterocycles. The maximum atomic E-state index is 5.83. The topological polar surface area (TPSA) is 55.2 Å². The average molecular weight is 343 g/mol. The monoisotopic (exact) mass is 343 g/mol. The molecule has 1 N–H and O–H groups in total. The molecule has 3 rings (SSSR count). The van der Waals surface area contributed by atoms with Crippen molar-refractivity contribution in [3.63, 3.8) is 0 Å². The van der Waals surface area contributed by atoms with Gasteiger partial charge in [-0.15, -0.1) is 0 Å². The zero-order valence-electron chi connectivity index (χ0n) is 15.6. The van der Waals surface area contributed by atoms with E-state index in [-0.39, 0.29) is 0 Å². The van der Waals surface area contributed by atoms with Gasteiger partial charge >= 0.3 is 0 Å². The highest BCUT2D eigenvalue weighted by atomic mass is 16.5. The molecule has 0 bridgehead atoms. The van der Waals surface area contributed by atoms with Crippen LogP contribution in [0.2, 0.25) is 0 Å². The van der Waals surface area contributed by atoms with E-state index in [1.807, 2.05) is 36.3 Å². The molecule has 3 atom stereocenters. The van der Waals surface area contributed by atoms with Crippen LogP contribution < -0.4 is 5.32 Å². The van der Waals surface area contributed by atoms with Crippen molar-refractivity contribution < 1.29 is 4.74 Å². The first-order valence-electron chi connectivity index (χ1n) is 9.06. The number of nitrogens with zero attached hydrogens (tertiary/aromatic N) is 4. The third kappa shape index (κ3) is 4.66. The van der Waals surface area contributed by atoms with Crippen LogP contribution >= 0.6 is 0 Å². The van der Waals surface area contributed by atoms with Crippen LogP contribution in [0.3, 0.4) is 0 Å². The molecule has 2 aromatic heterocycles. The summed E-state index contributed by atoms with van der Waals surface area (Å²) in [5.41, 5.74) is 3.35. The van der Waals surface area contributed by atoms with Crippen molar-refractivity contribution in [3.05, 3.63) is 36.3 Å². The molecule has 0 aromatic carbocycles. The fourth-order valence-electron chi connectivity index (χ4n) is 3.54. The standard InChI is InChI=1S/C19H29N5O/c1-14(24-11-15(2)25-16(3)12-24)9-21-10-18-13-23(4)22-19(18)17-5-7-20-8-6-17/h5-8,13-16,21H,9-12H2,1-4H3/t14-,15-,16+/m0/s1. The van der Waals surface area contributed by atoms with Crippen molar-refractivity contribution in [1.29, 1.82) is 0 Å². The fraction of sp³-hybridized carbons (Fsp3) is 0.579. The van der Waals surface area contributed by atoms with E-state index in [0.29, 0.717) is 18.2 Å². The lowest BCUT2D eigenvalue weighted by Crippen LogP contribution is -2.51. The largest absolute Gasteiger partial charge is 0.373 e. The first-order valence-corrected chi connectivity index (χ1v) is 9.06. The summed E-state index contributed by atoms with van der Waals surface area (Å²) in [6, 6.07) is 4.49. The minimum Gasteiger partial charge on any atom is -0.373 e. The fourth-order valence-corrected chi connectivity index (χ4v) is 3.54. The molecule has 1 fully saturated rings. The lowest BCUT2D eigenvalue weighted by molar-refractivity contribution is -0.0781. The summed E-state index contributed by atoms with van der Waals surface area (Å²) in [4.78, 5) is 6.60. The number of pyridine rings is 1. The molecule has 6 heteroatoms. The van der Waals surface area contributed by atoms with Gasteiger partial charge in [-0.05, 0) is 32.9 Å². The van der Waals surface area contributed by atoms with Gasteiger partial charge in [-0.1, -0.05) is 0 Å². The second-order valence-corrected chi connectivity index (χ2v) is 7.10. The normalized spacial score (nSPS) is 22.9. The van der Waals surface area contributed by atoms with Crippen LogP contribution in [-0.4, -0.2) is 57.5 Å². The van der Waals surface area contributed by atoms with E-state index in [0.717, 1.165) is 37.4 Å². The van der Waals surface area contributed by atoms with Crippen molar-refractivity contribution in [2.45, 2.75) is 45.6 Å². The number of aromatic nitrogens is 3. The Bertz CT molecular complexity index is 662. The predicted octanol–water partition coefficient (Wildman–Crippen LogP) is 2.07. The van der Waals surface area contributed by atoms with Crippen LogP contribution in [0.1, 0.15) is 26.3 Å². The Morgan fingerprint density at radius 3 is 2.60 bits per heavy atom. The quantitative estimate of drug-likeness (QED) is 0.870. The SMILES string of the molecule is C[C@@H]1CN([C@@H](C)CNCc2cn(C)nc2-c2ccncc2)C[C@H](C)O1. The van der Waals surface area contributed by atoms with Gasteiger partial charge in [0.15, 0.2) is 0 Å². The molecule has 3 heterocycles. The van der Waals surface area contributed by atoms with E-state index in [2.05, 4.69) is 47.3 Å². The minimum atomic E-state index is 0.308. The Morgan fingerprint density at radius 1 is 1.24 bits per heavy atom. The van der Waals surface area contributed by atoms with Crippen LogP contribution in [0.25, 0.3) is 11.3 Å². The number of hydrogen-bond acceptors (Lipinski definition) is 5. The second-order valence-electron chi connectivity index (χ2n) is 7.10. The molecule has 0 amide bonds. The van der Waals surface area contributed by atoms with Crippen LogP contribution in [0, 0.1) is 0 Å². The molecule has 0 aliphatic carbocycles. The molecule has 6 nitrogen and oxygen atoms in total. The molecule has 2 aromatic rings. The lowest BCUT2D eigenvalue weighted by Gasteiger charge is -2.39. The number of ether oxygens (including phenoxy) is 1. The van der Waals surface area contributed by atoms with Crippen molar-refractivity contribution in [2.75, 3.05) is 19.6 Å². The zero-order valence-corrected chi connectivity index (χ0v) is 15.6. The number of hydrogen-bond donors (Lipinski definition) is 1. The highest BCUT2D eigenvalue weighted by Gasteiger charge is 2.25. The minimum absolute atomic E-state index is 0.308. The van der Waals surface area contributed by atoms with Crippen molar-refractivity contribution >= 4 is 0 Å². The summed E-state index contributed by atoms with van der Waals surface area (Å²) in [6.07, 6.45) is 6.33. The zero-order chi connectivity index (χ0) is 17.8. The first-order chi connectivity index (χ1) is 12.0. The summed E-state index contributed by atoms with van der Waals surface area (Å²) < 4.78 is 7.71. The van der Waals surface area contributed by atoms with E-state index >= 15 is 0 Å². The van der Waals surface area contributed by atoms with Gasteiger partial charge < -0.3 is 10.1 Å². The number of morpholine rings is 1. The first kappa shape index (κ1) is 18.0. The highest BCUT2D eigenvalue weighted by Crippen LogP contribution is 2.21. The number of rotatable bonds is 6. The molecule has 0 radical (unpaired) electrons. The van der Waals surface area contributed by atoms with E-state index in [1.54, 1.807) is 0 Å². The van der Waals surface area contributed by atoms with Gasteiger partial charge in [-0.2, -0.15) is 5.10 Å². The molecule has 0 spiro atoms. The Labute approximate surface area is 150 Å². The maximum Gasteiger partial charge on any atom is 0.0969 e. The molecule has 0 saturated carbocycles. The van der Waals surface area contributed by atoms with E-state index in [9.17, 15) is 0 Å². The van der Waals surface area contributed by atoms with Crippen molar-refractivity contribution in [2.24, 2.45) is 7.05 Å². The van der Waals surface area contributed by atoms with E-state index < -0.39 is 0 Å². The summed E-state index contributed by atoms with van der Waals surface area (Å²) in [7, 11) is 1.97. The Balaban J connectivity index is 1.57. The maximum absolute atomic E-state index is 5.83. The van der Waals surface area contributed by atoms with Crippen LogP contribution in [0.4, 0.5) is 0 Å². The van der Waals surface area contributed by atoms with Crippen LogP contribution in [-0.2, 0) is 18.3 Å². The van der Waals surface area contributed by atoms with Gasteiger partial charge in [0.2, 0.25) is 0 Å². The van der Waals surface area contributed by atoms with Crippen LogP contribution in [0.15, 0.2) is 30.7 Å². The lowest BCUT2D eigenvalue weighted by atomic mass is 10.1. The highest BCUT2D eigenvalue weighted by molar-refractivity contribution is 5.61. The number of aryl methyl sites for hydroxylation is 1. The summed E-state index contributed by atoms with van der Waals surface area (Å²) in [6.45, 7) is 10.4. The molecule has 0 unspecified atom stereocenters. The predicted molar refractivity (Wildman–Crippen MR) is 99.2 cm³/mol. The van der Waals surface area contributed by atoms with Gasteiger partial charge in [0, 0.05) is 69.0 Å². The Hall–Kier alpha value is -1.76. The Morgan fingerprint density at radius 2 is 1.92 bits per heavy atom. The molecule has 25 heavy (non-hydrogen) atoms. The second kappa shape index (κ2) is 8.08. The molecule has 1 saturated heterocycles. The van der Waals surface area contributed by atoms with Gasteiger partial charge in [0.25, 0.3) is 0 Å². The average Bonchev–Trinajstić information content (AvgIpc) is 2.95. The smallest absolute Gasteiger partial charge is 0.0969 e.